The van der Waals surface area contributed by atoms with E-state index < -0.39 is 12.3 Å². The van der Waals surface area contributed by atoms with Gasteiger partial charge in [0.15, 0.2) is 0 Å². The molecule has 0 aliphatic heterocycles. The summed E-state index contributed by atoms with van der Waals surface area (Å²) >= 11 is 5.87. The number of aryl methyl sites for hydroxylation is 1. The van der Waals surface area contributed by atoms with Crippen LogP contribution in [-0.4, -0.2) is 24.3 Å². The molecule has 0 amide bonds. The van der Waals surface area contributed by atoms with Crippen LogP contribution in [0.5, 0.6) is 11.5 Å². The zero-order valence-electron chi connectivity index (χ0n) is 14.5. The van der Waals surface area contributed by atoms with Gasteiger partial charge in [0, 0.05) is 20.6 Å². The molecule has 0 aliphatic carbocycles. The fraction of sp³-hybridized carbons (Fsp3) is 0.278. The molecule has 0 aliphatic rings. The minimum Gasteiger partial charge on any atom is -0.493 e. The minimum absolute atomic E-state index is 0.184. The Morgan fingerprint density at radius 3 is 2.43 bits per heavy atom. The Bertz CT molecular complexity index is 704. The Kier molecular flexibility index (Phi) is 5.67. The molecule has 23 heavy (non-hydrogen) atoms. The molecule has 0 aromatic heterocycles. The van der Waals surface area contributed by atoms with E-state index >= 15 is 0 Å². The molecular weight excluding hydrogens is 316 g/mol. The second-order valence-corrected chi connectivity index (χ2v) is 5.25. The minimum atomic E-state index is -2.28. The average Bonchev–Trinajstić information content (AvgIpc) is 2.56. The van der Waals surface area contributed by atoms with Gasteiger partial charge in [-0.15, -0.1) is 0 Å². The molecule has 2 aromatic rings. The Morgan fingerprint density at radius 1 is 1.09 bits per heavy atom. The van der Waals surface area contributed by atoms with Gasteiger partial charge in [-0.1, -0.05) is 29.8 Å². The van der Waals surface area contributed by atoms with Crippen molar-refractivity contribution in [2.45, 2.75) is 19.2 Å². The van der Waals surface area contributed by atoms with Gasteiger partial charge < -0.3 is 14.6 Å². The highest BCUT2D eigenvalue weighted by molar-refractivity contribution is 6.30. The lowest BCUT2D eigenvalue weighted by Gasteiger charge is -2.09. The summed E-state index contributed by atoms with van der Waals surface area (Å²) in [5.41, 5.74) is 0.601. The van der Waals surface area contributed by atoms with Gasteiger partial charge in [0.2, 0.25) is 0 Å². The molecule has 0 bridgehead atoms. The maximum atomic E-state index is 10.8. The zero-order chi connectivity index (χ0) is 18.3. The summed E-state index contributed by atoms with van der Waals surface area (Å²) < 4.78 is 26.0. The first-order valence-electron chi connectivity index (χ1n) is 8.20. The summed E-state index contributed by atoms with van der Waals surface area (Å²) in [5.74, 6) is -0.112. The lowest BCUT2D eigenvalue weighted by atomic mass is 10.1. The number of ether oxygens (including phenoxy) is 2. The third-order valence-corrected chi connectivity index (χ3v) is 3.22. The van der Waals surface area contributed by atoms with Crippen molar-refractivity contribution >= 4 is 17.6 Å². The van der Waals surface area contributed by atoms with Crippen molar-refractivity contribution in [2.75, 3.05) is 13.2 Å². The van der Waals surface area contributed by atoms with Crippen molar-refractivity contribution in [3.8, 4) is 11.5 Å². The van der Waals surface area contributed by atoms with Gasteiger partial charge in [-0.25, -0.2) is 0 Å². The van der Waals surface area contributed by atoms with E-state index in [1.54, 1.807) is 36.4 Å². The molecule has 122 valence electrons. The first-order valence-corrected chi connectivity index (χ1v) is 7.58. The molecule has 1 N–H and O–H groups in total. The lowest BCUT2D eigenvalue weighted by molar-refractivity contribution is -0.136. The fourth-order valence-corrected chi connectivity index (χ4v) is 2.06. The number of carboxylic acid groups (broad SMARTS) is 1. The molecule has 0 unspecified atom stereocenters. The molecule has 2 rings (SSSR count). The molecule has 0 radical (unpaired) electrons. The first-order chi connectivity index (χ1) is 11.9. The van der Waals surface area contributed by atoms with Crippen LogP contribution in [0.3, 0.4) is 0 Å². The third kappa shape index (κ3) is 6.61. The van der Waals surface area contributed by atoms with Gasteiger partial charge in [0.1, 0.15) is 11.5 Å². The number of hydrogen-bond donors (Lipinski definition) is 1. The maximum Gasteiger partial charge on any atom is 0.303 e. The van der Waals surface area contributed by atoms with Gasteiger partial charge in [0.05, 0.1) is 13.2 Å². The normalized spacial score (nSPS) is 12.2. The molecule has 5 heteroatoms. The summed E-state index contributed by atoms with van der Waals surface area (Å²) in [7, 11) is 0. The van der Waals surface area contributed by atoms with E-state index in [1.165, 1.54) is 0 Å². The van der Waals surface area contributed by atoms with Crippen LogP contribution in [0, 0.1) is 0 Å². The Hall–Kier alpha value is -2.20. The summed E-state index contributed by atoms with van der Waals surface area (Å²) in [6.45, 7) is 0.965. The van der Waals surface area contributed by atoms with Crippen LogP contribution in [-0.2, 0) is 11.2 Å². The summed E-state index contributed by atoms with van der Waals surface area (Å²) in [6, 6.07) is 13.9. The summed E-state index contributed by atoms with van der Waals surface area (Å²) in [6.07, 6.45) is -1.77. The molecule has 4 nitrogen and oxygen atoms in total. The van der Waals surface area contributed by atoms with Gasteiger partial charge in [0.25, 0.3) is 0 Å². The van der Waals surface area contributed by atoms with E-state index in [0.717, 1.165) is 0 Å². The number of halogens is 1. The SMILES string of the molecule is [2H]C([2H])(Cc1ccc(OCCCOc2cccc(Cl)c2)cc1)C(=O)O. The maximum absolute atomic E-state index is 10.8. The van der Waals surface area contributed by atoms with Crippen LogP contribution in [0.1, 0.15) is 21.1 Å². The lowest BCUT2D eigenvalue weighted by Crippen LogP contribution is -2.05. The average molecular weight is 337 g/mol. The molecule has 0 heterocycles. The molecule has 2 aromatic carbocycles. The van der Waals surface area contributed by atoms with E-state index in [1.807, 2.05) is 12.1 Å². The van der Waals surface area contributed by atoms with Crippen LogP contribution in [0.2, 0.25) is 5.02 Å². The molecule has 0 saturated carbocycles. The number of rotatable bonds is 9. The van der Waals surface area contributed by atoms with Gasteiger partial charge in [-0.05, 0) is 42.3 Å². The van der Waals surface area contributed by atoms with Crippen LogP contribution in [0.15, 0.2) is 48.5 Å². The van der Waals surface area contributed by atoms with Crippen molar-refractivity contribution in [1.82, 2.24) is 0 Å². The molecule has 0 fully saturated rings. The van der Waals surface area contributed by atoms with Crippen molar-refractivity contribution in [1.29, 1.82) is 0 Å². The monoisotopic (exact) mass is 336 g/mol. The smallest absolute Gasteiger partial charge is 0.303 e. The predicted octanol–water partition coefficient (Wildman–Crippen LogP) is 4.21. The number of carbonyl (C=O) groups is 1. The first kappa shape index (κ1) is 14.4. The number of benzene rings is 2. The molecular formula is C18H19ClO4. The van der Waals surface area contributed by atoms with Crippen LogP contribution >= 0.6 is 11.6 Å². The van der Waals surface area contributed by atoms with Crippen molar-refractivity contribution in [3.05, 3.63) is 59.1 Å². The highest BCUT2D eigenvalue weighted by Gasteiger charge is 2.00. The number of hydrogen-bond acceptors (Lipinski definition) is 3. The second-order valence-electron chi connectivity index (χ2n) is 4.81. The topological polar surface area (TPSA) is 55.8 Å². The van der Waals surface area contributed by atoms with Crippen LogP contribution in [0.25, 0.3) is 0 Å². The van der Waals surface area contributed by atoms with Crippen LogP contribution < -0.4 is 9.47 Å². The van der Waals surface area contributed by atoms with E-state index in [-0.39, 0.29) is 6.42 Å². The zero-order valence-corrected chi connectivity index (χ0v) is 13.3. The fourth-order valence-electron chi connectivity index (χ4n) is 1.88. The molecule has 0 atom stereocenters. The second kappa shape index (κ2) is 9.06. The van der Waals surface area contributed by atoms with Gasteiger partial charge >= 0.3 is 5.97 Å². The van der Waals surface area contributed by atoms with Crippen LogP contribution in [0.4, 0.5) is 0 Å². The summed E-state index contributed by atoms with van der Waals surface area (Å²) in [4.78, 5) is 10.8. The van der Waals surface area contributed by atoms with E-state index in [2.05, 4.69) is 0 Å². The van der Waals surface area contributed by atoms with Crippen molar-refractivity contribution in [3.63, 3.8) is 0 Å². The third-order valence-electron chi connectivity index (χ3n) is 2.99. The molecule has 0 saturated heterocycles. The van der Waals surface area contributed by atoms with E-state index in [0.29, 0.717) is 41.7 Å². The Morgan fingerprint density at radius 2 is 1.78 bits per heavy atom. The number of aliphatic carboxylic acids is 1. The quantitative estimate of drug-likeness (QED) is 0.697. The van der Waals surface area contributed by atoms with Gasteiger partial charge in [-0.3, -0.25) is 4.79 Å². The van der Waals surface area contributed by atoms with Gasteiger partial charge in [-0.2, -0.15) is 0 Å². The Balaban J connectivity index is 1.72. The molecule has 0 spiro atoms. The largest absolute Gasteiger partial charge is 0.493 e. The standard InChI is InChI=1S/C18H19ClO4/c19-15-3-1-4-17(13-15)23-12-2-11-22-16-8-5-14(6-9-16)7-10-18(20)21/h1,3-6,8-9,13H,2,7,10-12H2,(H,20,21)/i10D2. The summed E-state index contributed by atoms with van der Waals surface area (Å²) in [5, 5.41) is 9.43. The highest BCUT2D eigenvalue weighted by atomic mass is 35.5. The van der Waals surface area contributed by atoms with Crippen molar-refractivity contribution in [2.24, 2.45) is 0 Å². The Labute approximate surface area is 143 Å². The van der Waals surface area contributed by atoms with E-state index in [4.69, 9.17) is 28.9 Å². The van der Waals surface area contributed by atoms with E-state index in [9.17, 15) is 4.79 Å². The number of carboxylic acids is 1. The van der Waals surface area contributed by atoms with Crippen molar-refractivity contribution < 1.29 is 22.1 Å². The highest BCUT2D eigenvalue weighted by Crippen LogP contribution is 2.17. The predicted molar refractivity (Wildman–Crippen MR) is 89.5 cm³/mol.